The summed E-state index contributed by atoms with van der Waals surface area (Å²) in [5, 5.41) is 11.4. The van der Waals surface area contributed by atoms with Crippen molar-refractivity contribution in [3.05, 3.63) is 58.7 Å². The van der Waals surface area contributed by atoms with Gasteiger partial charge in [0.25, 0.3) is 11.7 Å². The number of ether oxygens (including phenoxy) is 3. The van der Waals surface area contributed by atoms with Crippen LogP contribution in [-0.2, 0) is 9.59 Å². The van der Waals surface area contributed by atoms with Crippen molar-refractivity contribution in [3.8, 4) is 17.2 Å². The number of hydrogen-bond acceptors (Lipinski definition) is 7. The van der Waals surface area contributed by atoms with Gasteiger partial charge < -0.3 is 29.1 Å². The monoisotopic (exact) mass is 510 g/mol. The zero-order chi connectivity index (χ0) is 27.3. The van der Waals surface area contributed by atoms with Crippen molar-refractivity contribution in [2.75, 3.05) is 40.9 Å². The summed E-state index contributed by atoms with van der Waals surface area (Å²) in [5.74, 6) is 0.194. The number of methoxy groups -OCH3 is 1. The summed E-state index contributed by atoms with van der Waals surface area (Å²) in [5.41, 5.74) is 1.96. The first kappa shape index (κ1) is 28.1. The Morgan fingerprint density at radius 1 is 1.08 bits per heavy atom. The lowest BCUT2D eigenvalue weighted by molar-refractivity contribution is -0.140. The van der Waals surface area contributed by atoms with Crippen molar-refractivity contribution < 1.29 is 28.9 Å². The SMILES string of the molecule is CCCOc1cc(C2/C(=C(/O)c3ccc(OC(C)C)c(C)c3)C(=O)C(=O)N2CCN(C)C)ccc1OC. The average molecular weight is 511 g/mol. The highest BCUT2D eigenvalue weighted by Gasteiger charge is 2.46. The van der Waals surface area contributed by atoms with Gasteiger partial charge in [-0.3, -0.25) is 9.59 Å². The molecule has 1 unspecified atom stereocenters. The molecule has 1 aliphatic heterocycles. The van der Waals surface area contributed by atoms with Gasteiger partial charge in [0, 0.05) is 18.7 Å². The van der Waals surface area contributed by atoms with Crippen LogP contribution in [-0.4, -0.2) is 73.6 Å². The van der Waals surface area contributed by atoms with Crippen LogP contribution in [0.1, 0.15) is 49.9 Å². The van der Waals surface area contributed by atoms with Crippen LogP contribution in [0.25, 0.3) is 5.76 Å². The number of ketones is 1. The van der Waals surface area contributed by atoms with Gasteiger partial charge in [-0.2, -0.15) is 0 Å². The fourth-order valence-corrected chi connectivity index (χ4v) is 4.29. The quantitative estimate of drug-likeness (QED) is 0.269. The number of likely N-dealkylation sites (tertiary alicyclic amines) is 1. The third kappa shape index (κ3) is 6.25. The Balaban J connectivity index is 2.16. The Bertz CT molecular complexity index is 1170. The molecule has 1 N–H and O–H groups in total. The number of Topliss-reactive ketones (excluding diaryl/α,β-unsaturated/α-hetero) is 1. The van der Waals surface area contributed by atoms with E-state index >= 15 is 0 Å². The summed E-state index contributed by atoms with van der Waals surface area (Å²) in [6.45, 7) is 9.13. The topological polar surface area (TPSA) is 88.5 Å². The van der Waals surface area contributed by atoms with Crippen molar-refractivity contribution in [3.63, 3.8) is 0 Å². The lowest BCUT2D eigenvalue weighted by Crippen LogP contribution is -2.35. The van der Waals surface area contributed by atoms with Crippen molar-refractivity contribution in [2.24, 2.45) is 0 Å². The summed E-state index contributed by atoms with van der Waals surface area (Å²) in [4.78, 5) is 30.0. The number of likely N-dealkylation sites (N-methyl/N-ethyl adjacent to an activating group) is 1. The number of rotatable bonds is 11. The van der Waals surface area contributed by atoms with Gasteiger partial charge in [0.05, 0.1) is 31.4 Å². The highest BCUT2D eigenvalue weighted by atomic mass is 16.5. The Labute approximate surface area is 219 Å². The van der Waals surface area contributed by atoms with E-state index in [4.69, 9.17) is 14.2 Å². The van der Waals surface area contributed by atoms with E-state index in [2.05, 4.69) is 0 Å². The lowest BCUT2D eigenvalue weighted by Gasteiger charge is -2.27. The molecule has 0 saturated carbocycles. The van der Waals surface area contributed by atoms with Crippen molar-refractivity contribution in [1.82, 2.24) is 9.80 Å². The van der Waals surface area contributed by atoms with Gasteiger partial charge in [0.2, 0.25) is 0 Å². The highest BCUT2D eigenvalue weighted by Crippen LogP contribution is 2.42. The number of aliphatic hydroxyl groups excluding tert-OH is 1. The first-order valence-electron chi connectivity index (χ1n) is 12.6. The fraction of sp³-hybridized carbons (Fsp3) is 0.448. The van der Waals surface area contributed by atoms with E-state index < -0.39 is 17.7 Å². The van der Waals surface area contributed by atoms with E-state index in [1.54, 1.807) is 43.5 Å². The van der Waals surface area contributed by atoms with Crippen molar-refractivity contribution >= 4 is 17.4 Å². The molecular weight excluding hydrogens is 472 g/mol. The Morgan fingerprint density at radius 3 is 2.38 bits per heavy atom. The summed E-state index contributed by atoms with van der Waals surface area (Å²) in [6.07, 6.45) is 0.809. The minimum Gasteiger partial charge on any atom is -0.507 e. The summed E-state index contributed by atoms with van der Waals surface area (Å²) in [7, 11) is 5.37. The molecule has 0 bridgehead atoms. The van der Waals surface area contributed by atoms with Crippen molar-refractivity contribution in [1.29, 1.82) is 0 Å². The third-order valence-electron chi connectivity index (χ3n) is 6.10. The molecule has 2 aromatic rings. The lowest BCUT2D eigenvalue weighted by atomic mass is 9.94. The second-order valence-electron chi connectivity index (χ2n) is 9.70. The van der Waals surface area contributed by atoms with Gasteiger partial charge in [-0.25, -0.2) is 0 Å². The second-order valence-corrected chi connectivity index (χ2v) is 9.70. The summed E-state index contributed by atoms with van der Waals surface area (Å²) in [6, 6.07) is 9.80. The Hall–Kier alpha value is -3.52. The van der Waals surface area contributed by atoms with E-state index in [0.29, 0.717) is 48.1 Å². The van der Waals surface area contributed by atoms with Gasteiger partial charge in [-0.05, 0) is 82.7 Å². The maximum Gasteiger partial charge on any atom is 0.295 e. The molecular formula is C29H38N2O6. The normalized spacial score (nSPS) is 17.1. The molecule has 8 nitrogen and oxygen atoms in total. The van der Waals surface area contributed by atoms with Crippen LogP contribution in [0.3, 0.4) is 0 Å². The summed E-state index contributed by atoms with van der Waals surface area (Å²) < 4.78 is 17.2. The van der Waals surface area contributed by atoms with E-state index in [0.717, 1.165) is 12.0 Å². The second kappa shape index (κ2) is 12.1. The number of aryl methyl sites for hydroxylation is 1. The van der Waals surface area contributed by atoms with E-state index in [-0.39, 0.29) is 17.4 Å². The molecule has 0 aromatic heterocycles. The largest absolute Gasteiger partial charge is 0.507 e. The average Bonchev–Trinajstić information content (AvgIpc) is 3.11. The van der Waals surface area contributed by atoms with E-state index in [1.807, 2.05) is 46.7 Å². The molecule has 0 aliphatic carbocycles. The van der Waals surface area contributed by atoms with Crippen LogP contribution >= 0.6 is 0 Å². The third-order valence-corrected chi connectivity index (χ3v) is 6.10. The van der Waals surface area contributed by atoms with Gasteiger partial charge >= 0.3 is 0 Å². The number of aliphatic hydroxyl groups is 1. The van der Waals surface area contributed by atoms with Gasteiger partial charge in [-0.15, -0.1) is 0 Å². The maximum absolute atomic E-state index is 13.3. The Morgan fingerprint density at radius 2 is 1.78 bits per heavy atom. The number of carbonyl (C=O) groups is 2. The molecule has 1 fully saturated rings. The van der Waals surface area contributed by atoms with Gasteiger partial charge in [0.15, 0.2) is 11.5 Å². The number of amides is 1. The Kier molecular flexibility index (Phi) is 9.21. The van der Waals surface area contributed by atoms with E-state index in [1.165, 1.54) is 4.90 Å². The minimum absolute atomic E-state index is 0.000589. The van der Waals surface area contributed by atoms with Crippen LogP contribution in [0.4, 0.5) is 0 Å². The fourth-order valence-electron chi connectivity index (χ4n) is 4.29. The first-order valence-corrected chi connectivity index (χ1v) is 12.6. The van der Waals surface area contributed by atoms with E-state index in [9.17, 15) is 14.7 Å². The summed E-state index contributed by atoms with van der Waals surface area (Å²) >= 11 is 0. The van der Waals surface area contributed by atoms with Crippen LogP contribution in [0.5, 0.6) is 17.2 Å². The van der Waals surface area contributed by atoms with Gasteiger partial charge in [0.1, 0.15) is 11.5 Å². The number of hydrogen-bond donors (Lipinski definition) is 1. The standard InChI is InChI=1S/C29H38N2O6/c1-8-15-36-24-17-20(9-12-23(24)35-7)26-25(28(33)29(34)31(26)14-13-30(5)6)27(32)21-10-11-22(19(4)16-21)37-18(2)3/h9-12,16-18,26,32H,8,13-15H2,1-7H3/b27-25-. The zero-order valence-electron chi connectivity index (χ0n) is 22.8. The first-order chi connectivity index (χ1) is 17.6. The molecule has 2 aromatic carbocycles. The smallest absolute Gasteiger partial charge is 0.295 e. The molecule has 8 heteroatoms. The molecule has 1 amide bonds. The minimum atomic E-state index is -0.776. The van der Waals surface area contributed by atoms with Crippen molar-refractivity contribution in [2.45, 2.75) is 46.3 Å². The number of carbonyl (C=O) groups excluding carboxylic acids is 2. The molecule has 37 heavy (non-hydrogen) atoms. The molecule has 1 atom stereocenters. The number of benzene rings is 2. The molecule has 0 spiro atoms. The molecule has 3 rings (SSSR count). The molecule has 0 radical (unpaired) electrons. The van der Waals surface area contributed by atoms with Crippen LogP contribution in [0.15, 0.2) is 42.0 Å². The van der Waals surface area contributed by atoms with Crippen LogP contribution in [0.2, 0.25) is 0 Å². The molecule has 1 aliphatic rings. The van der Waals surface area contributed by atoms with Crippen LogP contribution < -0.4 is 14.2 Å². The zero-order valence-corrected chi connectivity index (χ0v) is 22.8. The number of nitrogens with zero attached hydrogens (tertiary/aromatic N) is 2. The predicted molar refractivity (Wildman–Crippen MR) is 143 cm³/mol. The molecule has 1 saturated heterocycles. The predicted octanol–water partition coefficient (Wildman–Crippen LogP) is 4.56. The molecule has 1 heterocycles. The van der Waals surface area contributed by atoms with Gasteiger partial charge in [-0.1, -0.05) is 13.0 Å². The maximum atomic E-state index is 13.3. The molecule has 200 valence electrons. The highest BCUT2D eigenvalue weighted by molar-refractivity contribution is 6.46. The van der Waals surface area contributed by atoms with Crippen LogP contribution in [0, 0.1) is 6.92 Å².